The number of carbonyl (C=O) groups excluding carboxylic acids is 1. The fraction of sp³-hybridized carbons (Fsp3) is 0.429. The Balaban J connectivity index is 1.96. The van der Waals surface area contributed by atoms with Gasteiger partial charge >= 0.3 is 12.1 Å². The van der Waals surface area contributed by atoms with E-state index >= 15 is 0 Å². The number of nitrogens with zero attached hydrogens (tertiary/aromatic N) is 2. The van der Waals surface area contributed by atoms with Gasteiger partial charge in [0.05, 0.1) is 16.8 Å². The van der Waals surface area contributed by atoms with E-state index in [2.05, 4.69) is 20.6 Å². The Labute approximate surface area is 196 Å². The third-order valence-corrected chi connectivity index (χ3v) is 5.65. The van der Waals surface area contributed by atoms with Gasteiger partial charge in [0.2, 0.25) is 0 Å². The first-order chi connectivity index (χ1) is 14.8. The maximum absolute atomic E-state index is 12.0. The summed E-state index contributed by atoms with van der Waals surface area (Å²) in [5, 5.41) is 15.7. The van der Waals surface area contributed by atoms with Crippen molar-refractivity contribution in [3.05, 3.63) is 35.0 Å². The maximum Gasteiger partial charge on any atom is 0.408 e. The highest BCUT2D eigenvalue weighted by molar-refractivity contribution is 7.99. The van der Waals surface area contributed by atoms with Gasteiger partial charge in [-0.25, -0.2) is 19.6 Å². The zero-order chi connectivity index (χ0) is 24.1. The molecule has 0 radical (unpaired) electrons. The average Bonchev–Trinajstić information content (AvgIpc) is 2.62. The molecule has 2 rings (SSSR count). The van der Waals surface area contributed by atoms with E-state index in [0.29, 0.717) is 28.7 Å². The summed E-state index contributed by atoms with van der Waals surface area (Å²) in [5.41, 5.74) is 4.97. The first kappa shape index (κ1) is 25.5. The van der Waals surface area contributed by atoms with Crippen molar-refractivity contribution in [2.75, 3.05) is 17.6 Å². The van der Waals surface area contributed by atoms with Gasteiger partial charge in [-0.15, -0.1) is 0 Å². The lowest BCUT2D eigenvalue weighted by molar-refractivity contribution is 0.0469. The summed E-state index contributed by atoms with van der Waals surface area (Å²) in [6.07, 6.45) is 1.66. The quantitative estimate of drug-likeness (QED) is 0.423. The molecule has 1 heterocycles. The molecule has 9 nitrogen and oxygen atoms in total. The second-order valence-electron chi connectivity index (χ2n) is 8.66. The number of halogens is 1. The lowest BCUT2D eigenvalue weighted by atomic mass is 10.0. The Morgan fingerprint density at radius 1 is 1.25 bits per heavy atom. The molecule has 0 bridgehead atoms. The van der Waals surface area contributed by atoms with E-state index in [1.807, 2.05) is 34.6 Å². The fourth-order valence-electron chi connectivity index (χ4n) is 2.56. The lowest BCUT2D eigenvalue weighted by Gasteiger charge is -2.28. The highest BCUT2D eigenvalue weighted by atomic mass is 35.5. The predicted molar refractivity (Wildman–Crippen MR) is 126 cm³/mol. The highest BCUT2D eigenvalue weighted by Gasteiger charge is 2.24. The smallest absolute Gasteiger partial charge is 0.408 e. The molecule has 0 unspecified atom stereocenters. The normalized spacial score (nSPS) is 11.7. The molecule has 0 fully saturated rings. The van der Waals surface area contributed by atoms with Gasteiger partial charge in [-0.2, -0.15) is 0 Å². The predicted octanol–water partition coefficient (Wildman–Crippen LogP) is 4.67. The molecule has 0 spiro atoms. The molecular weight excluding hydrogens is 454 g/mol. The summed E-state index contributed by atoms with van der Waals surface area (Å²) in [5.74, 6) is -0.451. The maximum atomic E-state index is 12.0. The zero-order valence-electron chi connectivity index (χ0n) is 18.7. The Hall–Kier alpha value is -2.72. The SMILES string of the molecule is CC(C)(CCNc1cnc(Sc2cccc(C(=O)O)c2Cl)c(N)n1)NC(=O)OC(C)(C)C. The largest absolute Gasteiger partial charge is 0.478 e. The summed E-state index contributed by atoms with van der Waals surface area (Å²) < 4.78 is 5.29. The number of hydrogen-bond donors (Lipinski definition) is 4. The minimum atomic E-state index is -1.11. The summed E-state index contributed by atoms with van der Waals surface area (Å²) in [7, 11) is 0. The van der Waals surface area contributed by atoms with Crippen LogP contribution >= 0.6 is 23.4 Å². The molecule has 11 heteroatoms. The molecular formula is C21H28ClN5O4S. The number of carboxylic acids is 1. The molecule has 0 saturated carbocycles. The van der Waals surface area contributed by atoms with Gasteiger partial charge in [0.25, 0.3) is 0 Å². The van der Waals surface area contributed by atoms with Gasteiger partial charge < -0.3 is 26.2 Å². The van der Waals surface area contributed by atoms with Crippen molar-refractivity contribution in [2.45, 2.75) is 62.1 Å². The number of carbonyl (C=O) groups is 2. The van der Waals surface area contributed by atoms with E-state index in [1.165, 1.54) is 12.3 Å². The Morgan fingerprint density at radius 2 is 1.94 bits per heavy atom. The van der Waals surface area contributed by atoms with Gasteiger partial charge in [0.15, 0.2) is 5.82 Å². The van der Waals surface area contributed by atoms with E-state index < -0.39 is 23.2 Å². The number of ether oxygens (including phenoxy) is 1. The number of nitrogens with one attached hydrogen (secondary N) is 2. The summed E-state index contributed by atoms with van der Waals surface area (Å²) >= 11 is 7.32. The number of rotatable bonds is 8. The van der Waals surface area contributed by atoms with Crippen molar-refractivity contribution in [3.63, 3.8) is 0 Å². The van der Waals surface area contributed by atoms with E-state index in [1.54, 1.807) is 12.1 Å². The standard InChI is InChI=1S/C21H28ClN5O4S/c1-20(2,3)31-19(30)27-21(4,5)9-10-24-14-11-25-17(16(23)26-14)32-13-8-6-7-12(15(13)22)18(28)29/h6-8,11H,9-10H2,1-5H3,(H,27,30)(H,28,29)(H3,23,24,26). The number of anilines is 2. The molecule has 0 saturated heterocycles. The van der Waals surface area contributed by atoms with Crippen molar-refractivity contribution in [2.24, 2.45) is 0 Å². The molecule has 2 aromatic rings. The number of aromatic carboxylic acids is 1. The molecule has 0 atom stereocenters. The summed E-state index contributed by atoms with van der Waals surface area (Å²) in [4.78, 5) is 32.4. The zero-order valence-corrected chi connectivity index (χ0v) is 20.2. The number of aromatic nitrogens is 2. The van der Waals surface area contributed by atoms with Crippen LogP contribution in [0.15, 0.2) is 34.3 Å². The Morgan fingerprint density at radius 3 is 2.53 bits per heavy atom. The van der Waals surface area contributed by atoms with E-state index in [-0.39, 0.29) is 16.4 Å². The summed E-state index contributed by atoms with van der Waals surface area (Å²) in [6, 6.07) is 4.71. The van der Waals surface area contributed by atoms with Crippen LogP contribution in [0.25, 0.3) is 0 Å². The average molecular weight is 482 g/mol. The Bertz CT molecular complexity index is 995. The monoisotopic (exact) mass is 481 g/mol. The second-order valence-corrected chi connectivity index (χ2v) is 10.1. The number of alkyl carbamates (subject to hydrolysis) is 1. The van der Waals surface area contributed by atoms with Crippen LogP contribution in [0.5, 0.6) is 0 Å². The van der Waals surface area contributed by atoms with Crippen LogP contribution < -0.4 is 16.4 Å². The minimum absolute atomic E-state index is 0.00379. The molecule has 0 aliphatic carbocycles. The molecule has 174 valence electrons. The number of hydrogen-bond acceptors (Lipinski definition) is 8. The van der Waals surface area contributed by atoms with Gasteiger partial charge in [0.1, 0.15) is 16.4 Å². The van der Waals surface area contributed by atoms with Gasteiger partial charge in [-0.05, 0) is 53.2 Å². The van der Waals surface area contributed by atoms with Crippen LogP contribution in [-0.4, -0.2) is 44.8 Å². The van der Waals surface area contributed by atoms with E-state index in [4.69, 9.17) is 22.1 Å². The van der Waals surface area contributed by atoms with Gasteiger partial charge in [0, 0.05) is 17.0 Å². The molecule has 0 aliphatic heterocycles. The molecule has 1 aromatic heterocycles. The molecule has 1 aromatic carbocycles. The fourth-order valence-corrected chi connectivity index (χ4v) is 3.69. The Kier molecular flexibility index (Phi) is 8.19. The first-order valence-corrected chi connectivity index (χ1v) is 11.0. The van der Waals surface area contributed by atoms with E-state index in [0.717, 1.165) is 11.8 Å². The minimum Gasteiger partial charge on any atom is -0.478 e. The van der Waals surface area contributed by atoms with Crippen LogP contribution in [0.1, 0.15) is 51.4 Å². The number of benzene rings is 1. The van der Waals surface area contributed by atoms with Crippen molar-refractivity contribution >= 4 is 47.1 Å². The van der Waals surface area contributed by atoms with Crippen molar-refractivity contribution in [1.29, 1.82) is 0 Å². The van der Waals surface area contributed by atoms with Crippen molar-refractivity contribution < 1.29 is 19.4 Å². The van der Waals surface area contributed by atoms with Crippen LogP contribution in [-0.2, 0) is 4.74 Å². The van der Waals surface area contributed by atoms with Crippen LogP contribution in [0, 0.1) is 0 Å². The topological polar surface area (TPSA) is 139 Å². The molecule has 32 heavy (non-hydrogen) atoms. The molecule has 1 amide bonds. The third kappa shape index (κ3) is 7.76. The lowest BCUT2D eigenvalue weighted by Crippen LogP contribution is -2.46. The number of nitrogens with two attached hydrogens (primary N) is 1. The number of amides is 1. The second kappa shape index (κ2) is 10.3. The van der Waals surface area contributed by atoms with Crippen molar-refractivity contribution in [1.82, 2.24) is 15.3 Å². The van der Waals surface area contributed by atoms with Gasteiger partial charge in [-0.1, -0.05) is 29.4 Å². The summed E-state index contributed by atoms with van der Waals surface area (Å²) in [6.45, 7) is 9.73. The highest BCUT2D eigenvalue weighted by Crippen LogP contribution is 2.36. The van der Waals surface area contributed by atoms with E-state index in [9.17, 15) is 14.7 Å². The van der Waals surface area contributed by atoms with Gasteiger partial charge in [-0.3, -0.25) is 0 Å². The third-order valence-electron chi connectivity index (χ3n) is 4.06. The van der Waals surface area contributed by atoms with Crippen LogP contribution in [0.2, 0.25) is 5.02 Å². The van der Waals surface area contributed by atoms with Crippen LogP contribution in [0.4, 0.5) is 16.4 Å². The molecule has 5 N–H and O–H groups in total. The molecule has 0 aliphatic rings. The number of nitrogen functional groups attached to an aromatic ring is 1. The van der Waals surface area contributed by atoms with Crippen molar-refractivity contribution in [3.8, 4) is 0 Å². The van der Waals surface area contributed by atoms with Crippen LogP contribution in [0.3, 0.4) is 0 Å². The number of carboxylic acid groups (broad SMARTS) is 1. The first-order valence-electron chi connectivity index (χ1n) is 9.84.